The second-order valence-electron chi connectivity index (χ2n) is 3.02. The van der Waals surface area contributed by atoms with Crippen molar-refractivity contribution in [3.63, 3.8) is 0 Å². The van der Waals surface area contributed by atoms with E-state index in [4.69, 9.17) is 5.73 Å². The van der Waals surface area contributed by atoms with Crippen molar-refractivity contribution in [1.82, 2.24) is 15.5 Å². The van der Waals surface area contributed by atoms with Crippen LogP contribution in [0.15, 0.2) is 12.1 Å². The number of primary amides is 1. The quantitative estimate of drug-likeness (QED) is 0.680. The standard InChI is InChI=1S/C8H10F3N5O/c9-8(10,11)5-1-2-6(16-15-5)13-3-4-14-7(12)17/h1-2H,3-4H2,(H,13,16)(H3,12,14,17). The Bertz CT molecular complexity index is 378. The van der Waals surface area contributed by atoms with Crippen molar-refractivity contribution in [3.8, 4) is 0 Å². The SMILES string of the molecule is NC(=O)NCCNc1ccc(C(F)(F)F)nn1. The van der Waals surface area contributed by atoms with Crippen LogP contribution in [0.5, 0.6) is 0 Å². The van der Waals surface area contributed by atoms with E-state index >= 15 is 0 Å². The van der Waals surface area contributed by atoms with E-state index in [1.54, 1.807) is 0 Å². The summed E-state index contributed by atoms with van der Waals surface area (Å²) in [6.45, 7) is 0.515. The second kappa shape index (κ2) is 5.32. The molecule has 0 aliphatic carbocycles. The number of amides is 2. The average molecular weight is 249 g/mol. The number of carbonyl (C=O) groups is 1. The highest BCUT2D eigenvalue weighted by Crippen LogP contribution is 2.26. The number of nitrogens with zero attached hydrogens (tertiary/aromatic N) is 2. The molecule has 0 spiro atoms. The molecule has 0 aliphatic rings. The van der Waals surface area contributed by atoms with Crippen LogP contribution in [0.3, 0.4) is 0 Å². The van der Waals surface area contributed by atoms with Crippen molar-refractivity contribution in [3.05, 3.63) is 17.8 Å². The lowest BCUT2D eigenvalue weighted by Gasteiger charge is -2.07. The molecule has 2 amide bonds. The zero-order valence-electron chi connectivity index (χ0n) is 8.58. The molecule has 1 rings (SSSR count). The summed E-state index contributed by atoms with van der Waals surface area (Å²) in [4.78, 5) is 10.3. The van der Waals surface area contributed by atoms with Gasteiger partial charge in [0, 0.05) is 13.1 Å². The fourth-order valence-corrected chi connectivity index (χ4v) is 0.954. The predicted octanol–water partition coefficient (Wildman–Crippen LogP) is 0.576. The van der Waals surface area contributed by atoms with Crippen molar-refractivity contribution >= 4 is 11.8 Å². The molecular weight excluding hydrogens is 239 g/mol. The van der Waals surface area contributed by atoms with Crippen LogP contribution in [0.4, 0.5) is 23.8 Å². The lowest BCUT2D eigenvalue weighted by Crippen LogP contribution is -2.33. The van der Waals surface area contributed by atoms with Gasteiger partial charge in [0.1, 0.15) is 5.82 Å². The highest BCUT2D eigenvalue weighted by Gasteiger charge is 2.32. The number of alkyl halides is 3. The maximum Gasteiger partial charge on any atom is 0.435 e. The monoisotopic (exact) mass is 249 g/mol. The summed E-state index contributed by atoms with van der Waals surface area (Å²) >= 11 is 0. The first-order valence-corrected chi connectivity index (χ1v) is 4.57. The van der Waals surface area contributed by atoms with Gasteiger partial charge >= 0.3 is 12.2 Å². The van der Waals surface area contributed by atoms with Crippen LogP contribution in [0.1, 0.15) is 5.69 Å². The summed E-state index contributed by atoms with van der Waals surface area (Å²) in [7, 11) is 0. The van der Waals surface area contributed by atoms with Crippen LogP contribution < -0.4 is 16.4 Å². The van der Waals surface area contributed by atoms with Crippen LogP contribution in [-0.4, -0.2) is 29.3 Å². The van der Waals surface area contributed by atoms with Crippen LogP contribution in [-0.2, 0) is 6.18 Å². The van der Waals surface area contributed by atoms with E-state index in [0.29, 0.717) is 0 Å². The summed E-state index contributed by atoms with van der Waals surface area (Å²) < 4.78 is 36.4. The van der Waals surface area contributed by atoms with Gasteiger partial charge in [0.25, 0.3) is 0 Å². The van der Waals surface area contributed by atoms with Gasteiger partial charge in [-0.2, -0.15) is 13.2 Å². The van der Waals surface area contributed by atoms with E-state index in [2.05, 4.69) is 20.8 Å². The fourth-order valence-electron chi connectivity index (χ4n) is 0.954. The maximum atomic E-state index is 12.1. The minimum Gasteiger partial charge on any atom is -0.367 e. The van der Waals surface area contributed by atoms with Crippen molar-refractivity contribution in [2.75, 3.05) is 18.4 Å². The van der Waals surface area contributed by atoms with Crippen molar-refractivity contribution in [1.29, 1.82) is 0 Å². The van der Waals surface area contributed by atoms with E-state index in [1.807, 2.05) is 0 Å². The highest BCUT2D eigenvalue weighted by atomic mass is 19.4. The Morgan fingerprint density at radius 2 is 2.00 bits per heavy atom. The molecule has 0 fully saturated rings. The Morgan fingerprint density at radius 3 is 2.47 bits per heavy atom. The maximum absolute atomic E-state index is 12.1. The van der Waals surface area contributed by atoms with E-state index in [9.17, 15) is 18.0 Å². The normalized spacial score (nSPS) is 11.0. The number of carbonyl (C=O) groups excluding carboxylic acids is 1. The number of rotatable bonds is 4. The molecule has 1 heterocycles. The summed E-state index contributed by atoms with van der Waals surface area (Å²) in [5, 5.41) is 11.3. The van der Waals surface area contributed by atoms with Gasteiger partial charge in [-0.15, -0.1) is 10.2 Å². The largest absolute Gasteiger partial charge is 0.435 e. The summed E-state index contributed by atoms with van der Waals surface area (Å²) in [5.41, 5.74) is 3.75. The number of aromatic nitrogens is 2. The third kappa shape index (κ3) is 4.53. The Kier molecular flexibility index (Phi) is 4.07. The zero-order valence-corrected chi connectivity index (χ0v) is 8.58. The van der Waals surface area contributed by atoms with Crippen LogP contribution in [0.25, 0.3) is 0 Å². The van der Waals surface area contributed by atoms with E-state index in [-0.39, 0.29) is 18.9 Å². The molecule has 0 saturated carbocycles. The number of anilines is 1. The van der Waals surface area contributed by atoms with Crippen molar-refractivity contribution in [2.24, 2.45) is 5.73 Å². The van der Waals surface area contributed by atoms with Gasteiger partial charge in [-0.25, -0.2) is 4.79 Å². The number of nitrogens with one attached hydrogen (secondary N) is 2. The lowest BCUT2D eigenvalue weighted by atomic mass is 10.4. The molecule has 0 radical (unpaired) electrons. The van der Waals surface area contributed by atoms with E-state index in [0.717, 1.165) is 12.1 Å². The van der Waals surface area contributed by atoms with Crippen LogP contribution in [0, 0.1) is 0 Å². The number of urea groups is 1. The predicted molar refractivity (Wildman–Crippen MR) is 53.1 cm³/mol. The topological polar surface area (TPSA) is 92.9 Å². The molecule has 0 unspecified atom stereocenters. The molecule has 4 N–H and O–H groups in total. The molecule has 9 heteroatoms. The first-order chi connectivity index (χ1) is 7.89. The van der Waals surface area contributed by atoms with E-state index in [1.165, 1.54) is 0 Å². The molecule has 0 aliphatic heterocycles. The summed E-state index contributed by atoms with van der Waals surface area (Å²) in [5.74, 6) is 0.185. The first-order valence-electron chi connectivity index (χ1n) is 4.57. The zero-order chi connectivity index (χ0) is 12.9. The summed E-state index contributed by atoms with van der Waals surface area (Å²) in [6.07, 6.45) is -4.50. The van der Waals surface area contributed by atoms with Crippen LogP contribution in [0.2, 0.25) is 0 Å². The molecule has 1 aromatic rings. The van der Waals surface area contributed by atoms with Crippen LogP contribution >= 0.6 is 0 Å². The van der Waals surface area contributed by atoms with Crippen molar-refractivity contribution in [2.45, 2.75) is 6.18 Å². The molecule has 0 saturated heterocycles. The number of halogens is 3. The third-order valence-corrected chi connectivity index (χ3v) is 1.69. The minimum absolute atomic E-state index is 0.185. The van der Waals surface area contributed by atoms with Gasteiger partial charge in [-0.1, -0.05) is 0 Å². The third-order valence-electron chi connectivity index (χ3n) is 1.69. The van der Waals surface area contributed by atoms with Gasteiger partial charge in [0.2, 0.25) is 0 Å². The molecule has 0 atom stereocenters. The Balaban J connectivity index is 2.43. The molecule has 0 bridgehead atoms. The van der Waals surface area contributed by atoms with Gasteiger partial charge in [-0.05, 0) is 12.1 Å². The smallest absolute Gasteiger partial charge is 0.367 e. The lowest BCUT2D eigenvalue weighted by molar-refractivity contribution is -0.141. The van der Waals surface area contributed by atoms with E-state index < -0.39 is 17.9 Å². The molecule has 17 heavy (non-hydrogen) atoms. The number of hydrogen-bond acceptors (Lipinski definition) is 4. The average Bonchev–Trinajstić information content (AvgIpc) is 2.23. The van der Waals surface area contributed by atoms with Crippen molar-refractivity contribution < 1.29 is 18.0 Å². The molecule has 1 aromatic heterocycles. The molecule has 6 nitrogen and oxygen atoms in total. The molecule has 94 valence electrons. The highest BCUT2D eigenvalue weighted by molar-refractivity contribution is 5.71. The minimum atomic E-state index is -4.50. The number of hydrogen-bond donors (Lipinski definition) is 3. The fraction of sp³-hybridized carbons (Fsp3) is 0.375. The second-order valence-corrected chi connectivity index (χ2v) is 3.02. The first kappa shape index (κ1) is 13.0. The summed E-state index contributed by atoms with van der Waals surface area (Å²) in [6, 6.07) is 1.29. The van der Waals surface area contributed by atoms with Gasteiger partial charge < -0.3 is 16.4 Å². The Hall–Kier alpha value is -2.06. The van der Waals surface area contributed by atoms with Gasteiger partial charge in [0.15, 0.2) is 5.69 Å². The molecular formula is C8H10F3N5O. The van der Waals surface area contributed by atoms with Gasteiger partial charge in [0.05, 0.1) is 0 Å². The Labute approximate surface area is 94.4 Å². The number of nitrogens with two attached hydrogens (primary N) is 1. The Morgan fingerprint density at radius 1 is 1.29 bits per heavy atom. The molecule has 0 aromatic carbocycles. The van der Waals surface area contributed by atoms with Gasteiger partial charge in [-0.3, -0.25) is 0 Å².